The van der Waals surface area contributed by atoms with Gasteiger partial charge in [-0.2, -0.15) is 0 Å². The van der Waals surface area contributed by atoms with E-state index in [1.165, 1.54) is 0 Å². The second kappa shape index (κ2) is 5.85. The zero-order valence-electron chi connectivity index (χ0n) is 9.52. The highest BCUT2D eigenvalue weighted by Crippen LogP contribution is 2.21. The lowest BCUT2D eigenvalue weighted by Gasteiger charge is -2.09. The monoisotopic (exact) mass is 273 g/mol. The van der Waals surface area contributed by atoms with Crippen molar-refractivity contribution in [2.45, 2.75) is 24.7 Å². The van der Waals surface area contributed by atoms with Gasteiger partial charge in [-0.25, -0.2) is 0 Å². The molecule has 2 rings (SSSR count). The SMILES string of the molecule is Nc1cc(CS(=O)CC2CCCO2)ccc1Cl. The first-order valence-corrected chi connectivity index (χ1v) is 7.52. The van der Waals surface area contributed by atoms with Crippen LogP contribution in [0, 0.1) is 0 Å². The van der Waals surface area contributed by atoms with Crippen molar-refractivity contribution in [2.75, 3.05) is 18.1 Å². The standard InChI is InChI=1S/C12H16ClNO2S/c13-11-4-3-9(6-12(11)14)7-17(15)8-10-2-1-5-16-10/h3-4,6,10H,1-2,5,7-8,14H2. The molecule has 1 aliphatic rings. The molecule has 0 spiro atoms. The van der Waals surface area contributed by atoms with E-state index >= 15 is 0 Å². The summed E-state index contributed by atoms with van der Waals surface area (Å²) in [5.74, 6) is 1.13. The summed E-state index contributed by atoms with van der Waals surface area (Å²) >= 11 is 5.83. The third kappa shape index (κ3) is 3.69. The third-order valence-electron chi connectivity index (χ3n) is 2.78. The van der Waals surface area contributed by atoms with Crippen LogP contribution in [0.5, 0.6) is 0 Å². The summed E-state index contributed by atoms with van der Waals surface area (Å²) in [5, 5.41) is 0.540. The van der Waals surface area contributed by atoms with Crippen LogP contribution in [0.4, 0.5) is 5.69 Å². The molecule has 0 amide bonds. The molecule has 0 bridgehead atoms. The number of nitrogen functional groups attached to an aromatic ring is 1. The number of hydrogen-bond acceptors (Lipinski definition) is 3. The van der Waals surface area contributed by atoms with E-state index < -0.39 is 10.8 Å². The number of ether oxygens (including phenoxy) is 1. The molecule has 1 saturated heterocycles. The summed E-state index contributed by atoms with van der Waals surface area (Å²) in [4.78, 5) is 0. The van der Waals surface area contributed by atoms with Gasteiger partial charge in [0.25, 0.3) is 0 Å². The van der Waals surface area contributed by atoms with Crippen molar-refractivity contribution < 1.29 is 8.95 Å². The van der Waals surface area contributed by atoms with Crippen molar-refractivity contribution >= 4 is 28.1 Å². The van der Waals surface area contributed by atoms with E-state index in [0.717, 1.165) is 25.0 Å². The van der Waals surface area contributed by atoms with E-state index in [2.05, 4.69) is 0 Å². The Labute approximate surface area is 109 Å². The molecule has 1 fully saturated rings. The first-order chi connectivity index (χ1) is 8.15. The molecule has 1 aliphatic heterocycles. The number of benzene rings is 1. The first-order valence-electron chi connectivity index (χ1n) is 5.65. The highest BCUT2D eigenvalue weighted by atomic mass is 35.5. The van der Waals surface area contributed by atoms with E-state index in [1.807, 2.05) is 6.07 Å². The van der Waals surface area contributed by atoms with Gasteiger partial charge in [0.15, 0.2) is 0 Å². The molecule has 17 heavy (non-hydrogen) atoms. The first kappa shape index (κ1) is 12.9. The fraction of sp³-hybridized carbons (Fsp3) is 0.500. The maximum atomic E-state index is 11.9. The van der Waals surface area contributed by atoms with Crippen LogP contribution < -0.4 is 5.73 Å². The van der Waals surface area contributed by atoms with E-state index in [1.54, 1.807) is 12.1 Å². The smallest absolute Gasteiger partial charge is 0.0691 e. The Kier molecular flexibility index (Phi) is 4.42. The highest BCUT2D eigenvalue weighted by molar-refractivity contribution is 7.84. The minimum atomic E-state index is -0.899. The predicted molar refractivity (Wildman–Crippen MR) is 71.6 cm³/mol. The molecule has 2 atom stereocenters. The summed E-state index contributed by atoms with van der Waals surface area (Å²) in [7, 11) is -0.899. The van der Waals surface area contributed by atoms with Crippen molar-refractivity contribution in [3.8, 4) is 0 Å². The molecule has 3 nitrogen and oxygen atoms in total. The Balaban J connectivity index is 1.90. The summed E-state index contributed by atoms with van der Waals surface area (Å²) < 4.78 is 17.4. The van der Waals surface area contributed by atoms with Gasteiger partial charge in [0.1, 0.15) is 0 Å². The van der Waals surface area contributed by atoms with Gasteiger partial charge in [0, 0.05) is 23.2 Å². The van der Waals surface area contributed by atoms with Crippen molar-refractivity contribution in [2.24, 2.45) is 0 Å². The topological polar surface area (TPSA) is 52.3 Å². The molecule has 0 radical (unpaired) electrons. The average Bonchev–Trinajstić information content (AvgIpc) is 2.76. The highest BCUT2D eigenvalue weighted by Gasteiger charge is 2.18. The van der Waals surface area contributed by atoms with Gasteiger partial charge in [0.2, 0.25) is 0 Å². The van der Waals surface area contributed by atoms with Crippen LogP contribution >= 0.6 is 11.6 Å². The minimum absolute atomic E-state index is 0.167. The van der Waals surface area contributed by atoms with Crippen LogP contribution in [0.2, 0.25) is 5.02 Å². The Bertz CT molecular complexity index is 419. The van der Waals surface area contributed by atoms with Crippen molar-refractivity contribution in [1.82, 2.24) is 0 Å². The number of hydrogen-bond donors (Lipinski definition) is 1. The second-order valence-electron chi connectivity index (χ2n) is 4.24. The molecule has 1 heterocycles. The second-order valence-corrected chi connectivity index (χ2v) is 6.15. The van der Waals surface area contributed by atoms with Gasteiger partial charge >= 0.3 is 0 Å². The summed E-state index contributed by atoms with van der Waals surface area (Å²) in [6.45, 7) is 0.801. The number of nitrogens with two attached hydrogens (primary N) is 1. The fourth-order valence-corrected chi connectivity index (χ4v) is 3.38. The minimum Gasteiger partial charge on any atom is -0.398 e. The lowest BCUT2D eigenvalue weighted by atomic mass is 10.2. The number of halogens is 1. The largest absolute Gasteiger partial charge is 0.398 e. The zero-order valence-corrected chi connectivity index (χ0v) is 11.1. The number of anilines is 1. The Morgan fingerprint density at radius 1 is 1.53 bits per heavy atom. The third-order valence-corrected chi connectivity index (χ3v) is 4.53. The summed E-state index contributed by atoms with van der Waals surface area (Å²) in [6.07, 6.45) is 2.27. The van der Waals surface area contributed by atoms with Gasteiger partial charge in [-0.1, -0.05) is 17.7 Å². The van der Waals surface area contributed by atoms with Gasteiger partial charge in [0.05, 0.1) is 22.6 Å². The van der Waals surface area contributed by atoms with E-state index in [4.69, 9.17) is 22.1 Å². The molecular formula is C12H16ClNO2S. The average molecular weight is 274 g/mol. The maximum Gasteiger partial charge on any atom is 0.0691 e. The predicted octanol–water partition coefficient (Wildman–Crippen LogP) is 2.35. The van der Waals surface area contributed by atoms with Crippen molar-refractivity contribution in [1.29, 1.82) is 0 Å². The van der Waals surface area contributed by atoms with Crippen LogP contribution in [0.1, 0.15) is 18.4 Å². The van der Waals surface area contributed by atoms with Crippen LogP contribution in [0.25, 0.3) is 0 Å². The van der Waals surface area contributed by atoms with E-state index in [9.17, 15) is 4.21 Å². The molecule has 5 heteroatoms. The summed E-state index contributed by atoms with van der Waals surface area (Å²) in [5.41, 5.74) is 7.21. The summed E-state index contributed by atoms with van der Waals surface area (Å²) in [6, 6.07) is 5.40. The zero-order chi connectivity index (χ0) is 12.3. The Morgan fingerprint density at radius 3 is 3.00 bits per heavy atom. The van der Waals surface area contributed by atoms with Crippen molar-refractivity contribution in [3.05, 3.63) is 28.8 Å². The van der Waals surface area contributed by atoms with Gasteiger partial charge < -0.3 is 10.5 Å². The maximum absolute atomic E-state index is 11.9. The van der Waals surface area contributed by atoms with Crippen LogP contribution in [-0.4, -0.2) is 22.7 Å². The lowest BCUT2D eigenvalue weighted by Crippen LogP contribution is -2.16. The number of rotatable bonds is 4. The normalized spacial score (nSPS) is 21.6. The van der Waals surface area contributed by atoms with Gasteiger partial charge in [-0.15, -0.1) is 0 Å². The molecule has 1 aromatic rings. The van der Waals surface area contributed by atoms with E-state index in [-0.39, 0.29) is 6.10 Å². The van der Waals surface area contributed by atoms with Gasteiger partial charge in [-0.05, 0) is 30.5 Å². The molecule has 0 aliphatic carbocycles. The van der Waals surface area contributed by atoms with E-state index in [0.29, 0.717) is 22.2 Å². The lowest BCUT2D eigenvalue weighted by molar-refractivity contribution is 0.128. The van der Waals surface area contributed by atoms with Crippen LogP contribution in [0.3, 0.4) is 0 Å². The molecule has 2 unspecified atom stereocenters. The Morgan fingerprint density at radius 2 is 2.35 bits per heavy atom. The molecule has 0 saturated carbocycles. The fourth-order valence-electron chi connectivity index (χ4n) is 1.91. The van der Waals surface area contributed by atoms with Crippen molar-refractivity contribution in [3.63, 3.8) is 0 Å². The molecule has 1 aromatic carbocycles. The molecular weight excluding hydrogens is 258 g/mol. The molecule has 0 aromatic heterocycles. The Hall–Kier alpha value is -0.580. The van der Waals surface area contributed by atoms with Crippen LogP contribution in [-0.2, 0) is 21.3 Å². The molecule has 94 valence electrons. The van der Waals surface area contributed by atoms with Gasteiger partial charge in [-0.3, -0.25) is 4.21 Å². The molecule has 2 N–H and O–H groups in total. The quantitative estimate of drug-likeness (QED) is 0.857. The van der Waals surface area contributed by atoms with Crippen LogP contribution in [0.15, 0.2) is 18.2 Å².